The minimum absolute atomic E-state index is 0.130. The zero-order valence-electron chi connectivity index (χ0n) is 7.29. The van der Waals surface area contributed by atoms with Gasteiger partial charge in [0.1, 0.15) is 0 Å². The lowest BCUT2D eigenvalue weighted by Crippen LogP contribution is -2.44. The van der Waals surface area contributed by atoms with E-state index in [9.17, 15) is 5.11 Å². The van der Waals surface area contributed by atoms with E-state index < -0.39 is 0 Å². The number of aliphatic hydroxyl groups is 1. The molecule has 0 aromatic rings. The predicted molar refractivity (Wildman–Crippen MR) is 46.8 cm³/mol. The molecule has 2 nitrogen and oxygen atoms in total. The fourth-order valence-electron chi connectivity index (χ4n) is 3.22. The van der Waals surface area contributed by atoms with Gasteiger partial charge in [-0.1, -0.05) is 12.2 Å². The summed E-state index contributed by atoms with van der Waals surface area (Å²) < 4.78 is 0. The van der Waals surface area contributed by atoms with Gasteiger partial charge in [0.25, 0.3) is 0 Å². The van der Waals surface area contributed by atoms with Gasteiger partial charge in [-0.25, -0.2) is 0 Å². The molecule has 1 saturated carbocycles. The van der Waals surface area contributed by atoms with Gasteiger partial charge in [-0.3, -0.25) is 4.90 Å². The minimum atomic E-state index is 0.130. The maximum absolute atomic E-state index is 9.40. The SMILES string of the molecule is C=C1CN2[C@H]3C[C@H]3CC2(CO)C1. The highest BCUT2D eigenvalue weighted by Gasteiger charge is 2.61. The van der Waals surface area contributed by atoms with Crippen molar-refractivity contribution >= 4 is 0 Å². The molecule has 1 unspecified atom stereocenters. The van der Waals surface area contributed by atoms with E-state index >= 15 is 0 Å². The molecule has 12 heavy (non-hydrogen) atoms. The van der Waals surface area contributed by atoms with Gasteiger partial charge in [-0.15, -0.1) is 0 Å². The van der Waals surface area contributed by atoms with Crippen LogP contribution in [0.25, 0.3) is 0 Å². The third kappa shape index (κ3) is 0.679. The Kier molecular flexibility index (Phi) is 1.15. The topological polar surface area (TPSA) is 23.5 Å². The van der Waals surface area contributed by atoms with Crippen molar-refractivity contribution < 1.29 is 5.11 Å². The smallest absolute Gasteiger partial charge is 0.0618 e. The van der Waals surface area contributed by atoms with Crippen LogP contribution in [0.2, 0.25) is 0 Å². The fourth-order valence-corrected chi connectivity index (χ4v) is 3.22. The van der Waals surface area contributed by atoms with Crippen LogP contribution in [-0.4, -0.2) is 34.7 Å². The van der Waals surface area contributed by atoms with E-state index in [1.165, 1.54) is 18.4 Å². The van der Waals surface area contributed by atoms with Crippen LogP contribution in [0.15, 0.2) is 12.2 Å². The zero-order chi connectivity index (χ0) is 8.34. The van der Waals surface area contributed by atoms with Crippen LogP contribution in [0.3, 0.4) is 0 Å². The monoisotopic (exact) mass is 165 g/mol. The number of hydrogen-bond acceptors (Lipinski definition) is 2. The summed E-state index contributed by atoms with van der Waals surface area (Å²) in [5, 5.41) is 9.40. The standard InChI is InChI=1S/C10H15NO/c1-7-3-10(6-12)4-8-2-9(8)11(10)5-7/h8-9,12H,1-6H2/t8-,9-,10?/m0/s1. The molecule has 0 aromatic carbocycles. The molecular formula is C10H15NO. The average molecular weight is 165 g/mol. The quantitative estimate of drug-likeness (QED) is 0.580. The van der Waals surface area contributed by atoms with Gasteiger partial charge in [-0.05, 0) is 25.2 Å². The van der Waals surface area contributed by atoms with Crippen molar-refractivity contribution in [3.05, 3.63) is 12.2 Å². The molecule has 2 heterocycles. The zero-order valence-corrected chi connectivity index (χ0v) is 7.29. The number of aliphatic hydroxyl groups excluding tert-OH is 1. The molecule has 0 spiro atoms. The molecule has 0 bridgehead atoms. The van der Waals surface area contributed by atoms with Gasteiger partial charge < -0.3 is 5.11 Å². The van der Waals surface area contributed by atoms with Crippen LogP contribution >= 0.6 is 0 Å². The van der Waals surface area contributed by atoms with E-state index in [1.807, 2.05) is 0 Å². The van der Waals surface area contributed by atoms with Crippen LogP contribution in [0.1, 0.15) is 19.3 Å². The van der Waals surface area contributed by atoms with Gasteiger partial charge in [0, 0.05) is 18.1 Å². The summed E-state index contributed by atoms with van der Waals surface area (Å²) >= 11 is 0. The molecule has 3 fully saturated rings. The normalized spacial score (nSPS) is 50.9. The highest BCUT2D eigenvalue weighted by Crippen LogP contribution is 2.57. The Labute approximate surface area is 72.9 Å². The lowest BCUT2D eigenvalue weighted by Gasteiger charge is -2.32. The van der Waals surface area contributed by atoms with Crippen molar-refractivity contribution in [2.75, 3.05) is 13.2 Å². The van der Waals surface area contributed by atoms with Gasteiger partial charge in [0.2, 0.25) is 0 Å². The second-order valence-corrected chi connectivity index (χ2v) is 4.70. The van der Waals surface area contributed by atoms with Gasteiger partial charge in [-0.2, -0.15) is 0 Å². The molecular weight excluding hydrogens is 150 g/mol. The minimum Gasteiger partial charge on any atom is -0.394 e. The molecule has 66 valence electrons. The molecule has 3 rings (SSSR count). The molecule has 0 aromatic heterocycles. The Morgan fingerprint density at radius 1 is 1.67 bits per heavy atom. The number of fused-ring (bicyclic) bond motifs is 3. The van der Waals surface area contributed by atoms with Gasteiger partial charge in [0.05, 0.1) is 6.61 Å². The molecule has 2 saturated heterocycles. The molecule has 1 aliphatic carbocycles. The van der Waals surface area contributed by atoms with E-state index in [0.29, 0.717) is 6.61 Å². The third-order valence-corrected chi connectivity index (χ3v) is 3.80. The van der Waals surface area contributed by atoms with Crippen LogP contribution in [0, 0.1) is 5.92 Å². The first kappa shape index (κ1) is 7.10. The van der Waals surface area contributed by atoms with Crippen LogP contribution in [-0.2, 0) is 0 Å². The van der Waals surface area contributed by atoms with Crippen molar-refractivity contribution in [3.8, 4) is 0 Å². The highest BCUT2D eigenvalue weighted by atomic mass is 16.3. The lowest BCUT2D eigenvalue weighted by molar-refractivity contribution is 0.0794. The van der Waals surface area contributed by atoms with Crippen LogP contribution in [0.4, 0.5) is 0 Å². The maximum atomic E-state index is 9.40. The Morgan fingerprint density at radius 3 is 3.17 bits per heavy atom. The fraction of sp³-hybridized carbons (Fsp3) is 0.800. The summed E-state index contributed by atoms with van der Waals surface area (Å²) in [4.78, 5) is 2.50. The van der Waals surface area contributed by atoms with E-state index in [0.717, 1.165) is 24.9 Å². The van der Waals surface area contributed by atoms with Gasteiger partial charge in [0.15, 0.2) is 0 Å². The molecule has 3 atom stereocenters. The Morgan fingerprint density at radius 2 is 2.50 bits per heavy atom. The van der Waals surface area contributed by atoms with Crippen molar-refractivity contribution in [1.29, 1.82) is 0 Å². The van der Waals surface area contributed by atoms with E-state index in [-0.39, 0.29) is 5.54 Å². The second-order valence-electron chi connectivity index (χ2n) is 4.70. The third-order valence-electron chi connectivity index (χ3n) is 3.80. The first-order valence-electron chi connectivity index (χ1n) is 4.79. The van der Waals surface area contributed by atoms with Crippen LogP contribution < -0.4 is 0 Å². The summed E-state index contributed by atoms with van der Waals surface area (Å²) in [5.41, 5.74) is 1.44. The molecule has 2 heteroatoms. The van der Waals surface area contributed by atoms with Crippen molar-refractivity contribution in [1.82, 2.24) is 4.90 Å². The first-order valence-corrected chi connectivity index (χ1v) is 4.79. The molecule has 3 aliphatic rings. The molecule has 0 radical (unpaired) electrons. The summed E-state index contributed by atoms with van der Waals surface area (Å²) in [7, 11) is 0. The number of hydrogen-bond donors (Lipinski definition) is 1. The summed E-state index contributed by atoms with van der Waals surface area (Å²) in [6, 6.07) is 0.802. The molecule has 1 N–H and O–H groups in total. The van der Waals surface area contributed by atoms with Crippen molar-refractivity contribution in [2.45, 2.75) is 30.8 Å². The Balaban J connectivity index is 1.94. The van der Waals surface area contributed by atoms with Crippen molar-refractivity contribution in [2.24, 2.45) is 5.92 Å². The molecule has 2 aliphatic heterocycles. The van der Waals surface area contributed by atoms with Gasteiger partial charge >= 0.3 is 0 Å². The Hall–Kier alpha value is -0.340. The van der Waals surface area contributed by atoms with E-state index in [1.54, 1.807) is 0 Å². The lowest BCUT2D eigenvalue weighted by atomic mass is 9.92. The average Bonchev–Trinajstić information content (AvgIpc) is 2.60. The van der Waals surface area contributed by atoms with E-state index in [4.69, 9.17) is 0 Å². The largest absolute Gasteiger partial charge is 0.394 e. The van der Waals surface area contributed by atoms with Crippen LogP contribution in [0.5, 0.6) is 0 Å². The summed E-state index contributed by atoms with van der Waals surface area (Å²) in [5.74, 6) is 0.908. The number of nitrogens with zero attached hydrogens (tertiary/aromatic N) is 1. The number of piperidine rings is 1. The Bertz CT molecular complexity index is 250. The molecule has 0 amide bonds. The summed E-state index contributed by atoms with van der Waals surface area (Å²) in [6.45, 7) is 5.41. The van der Waals surface area contributed by atoms with E-state index in [2.05, 4.69) is 11.5 Å². The summed E-state index contributed by atoms with van der Waals surface area (Å²) in [6.07, 6.45) is 3.62. The number of rotatable bonds is 1. The predicted octanol–water partition coefficient (Wildman–Crippen LogP) is 0.772. The maximum Gasteiger partial charge on any atom is 0.0618 e. The second kappa shape index (κ2) is 1.94. The first-order chi connectivity index (χ1) is 5.75. The highest BCUT2D eigenvalue weighted by molar-refractivity contribution is 5.25. The van der Waals surface area contributed by atoms with Crippen molar-refractivity contribution in [3.63, 3.8) is 0 Å².